The minimum Gasteiger partial charge on any atom is -0.317 e. The third kappa shape index (κ3) is 5.08. The van der Waals surface area contributed by atoms with Crippen LogP contribution in [0.3, 0.4) is 0 Å². The smallest absolute Gasteiger partial charge is 0.317 e. The van der Waals surface area contributed by atoms with Gasteiger partial charge in [0.15, 0.2) is 0 Å². The quantitative estimate of drug-likeness (QED) is 0.764. The fourth-order valence-corrected chi connectivity index (χ4v) is 1.86. The highest BCUT2D eigenvalue weighted by atomic mass is 19.4. The molecule has 0 radical (unpaired) electrons. The molecule has 0 fully saturated rings. The first-order valence-electron chi connectivity index (χ1n) is 6.30. The molecule has 0 heterocycles. The van der Waals surface area contributed by atoms with Gasteiger partial charge in [-0.05, 0) is 49.5 Å². The molecule has 0 bridgehead atoms. The Labute approximate surface area is 106 Å². The maximum atomic E-state index is 12.4. The fourth-order valence-electron chi connectivity index (χ4n) is 1.86. The zero-order chi connectivity index (χ0) is 13.6. The van der Waals surface area contributed by atoms with Crippen molar-refractivity contribution in [3.63, 3.8) is 0 Å². The maximum Gasteiger partial charge on any atom is 0.416 e. The van der Waals surface area contributed by atoms with E-state index in [1.807, 2.05) is 0 Å². The summed E-state index contributed by atoms with van der Waals surface area (Å²) >= 11 is 0. The van der Waals surface area contributed by atoms with Gasteiger partial charge in [-0.25, -0.2) is 0 Å². The standard InChI is InChI=1S/C14H20F3N/c1-3-18-9-8-11(2)10-12-4-6-13(7-5-12)14(15,16)17/h4-7,11,18H,3,8-10H2,1-2H3. The van der Waals surface area contributed by atoms with Crippen LogP contribution < -0.4 is 5.32 Å². The number of hydrogen-bond acceptors (Lipinski definition) is 1. The predicted octanol–water partition coefficient (Wildman–Crippen LogP) is 3.88. The van der Waals surface area contributed by atoms with Gasteiger partial charge in [0.1, 0.15) is 0 Å². The Hall–Kier alpha value is -1.03. The first-order valence-corrected chi connectivity index (χ1v) is 6.30. The Balaban J connectivity index is 2.48. The summed E-state index contributed by atoms with van der Waals surface area (Å²) in [5, 5.41) is 3.25. The molecule has 1 rings (SSSR count). The Morgan fingerprint density at radius 2 is 1.78 bits per heavy atom. The molecule has 0 aromatic heterocycles. The van der Waals surface area contributed by atoms with Crippen LogP contribution in [0.25, 0.3) is 0 Å². The molecule has 0 spiro atoms. The van der Waals surface area contributed by atoms with Crippen molar-refractivity contribution >= 4 is 0 Å². The molecule has 1 atom stereocenters. The van der Waals surface area contributed by atoms with Crippen molar-refractivity contribution in [1.82, 2.24) is 5.32 Å². The van der Waals surface area contributed by atoms with E-state index < -0.39 is 11.7 Å². The van der Waals surface area contributed by atoms with Crippen LogP contribution in [0.15, 0.2) is 24.3 Å². The third-order valence-corrected chi connectivity index (χ3v) is 2.93. The molecule has 0 saturated heterocycles. The maximum absolute atomic E-state index is 12.4. The lowest BCUT2D eigenvalue weighted by Crippen LogP contribution is -2.17. The van der Waals surface area contributed by atoms with Gasteiger partial charge in [0.2, 0.25) is 0 Å². The molecule has 1 aromatic rings. The van der Waals surface area contributed by atoms with Crippen molar-refractivity contribution in [1.29, 1.82) is 0 Å². The third-order valence-electron chi connectivity index (χ3n) is 2.93. The van der Waals surface area contributed by atoms with Crippen LogP contribution in [0.1, 0.15) is 31.4 Å². The number of alkyl halides is 3. The summed E-state index contributed by atoms with van der Waals surface area (Å²) in [6, 6.07) is 5.47. The van der Waals surface area contributed by atoms with E-state index in [0.29, 0.717) is 5.92 Å². The van der Waals surface area contributed by atoms with Crippen molar-refractivity contribution in [2.75, 3.05) is 13.1 Å². The van der Waals surface area contributed by atoms with E-state index in [2.05, 4.69) is 19.2 Å². The first kappa shape index (κ1) is 15.0. The molecule has 1 aromatic carbocycles. The van der Waals surface area contributed by atoms with Crippen LogP contribution in [0, 0.1) is 5.92 Å². The van der Waals surface area contributed by atoms with Crippen LogP contribution in [-0.2, 0) is 12.6 Å². The van der Waals surface area contributed by atoms with Gasteiger partial charge in [-0.3, -0.25) is 0 Å². The molecule has 102 valence electrons. The molecule has 1 unspecified atom stereocenters. The molecule has 0 aliphatic rings. The molecule has 0 aliphatic heterocycles. The SMILES string of the molecule is CCNCCC(C)Cc1ccc(C(F)(F)F)cc1. The van der Waals surface area contributed by atoms with Crippen molar-refractivity contribution in [3.05, 3.63) is 35.4 Å². The largest absolute Gasteiger partial charge is 0.416 e. The van der Waals surface area contributed by atoms with E-state index >= 15 is 0 Å². The number of rotatable bonds is 6. The molecule has 0 amide bonds. The van der Waals surface area contributed by atoms with Gasteiger partial charge in [0, 0.05) is 0 Å². The molecule has 18 heavy (non-hydrogen) atoms. The number of benzene rings is 1. The highest BCUT2D eigenvalue weighted by Crippen LogP contribution is 2.29. The Morgan fingerprint density at radius 3 is 2.28 bits per heavy atom. The number of hydrogen-bond donors (Lipinski definition) is 1. The zero-order valence-corrected chi connectivity index (χ0v) is 10.8. The van der Waals surface area contributed by atoms with Gasteiger partial charge in [-0.2, -0.15) is 13.2 Å². The van der Waals surface area contributed by atoms with Crippen LogP contribution in [0.5, 0.6) is 0 Å². The second-order valence-electron chi connectivity index (χ2n) is 4.65. The topological polar surface area (TPSA) is 12.0 Å². The fraction of sp³-hybridized carbons (Fsp3) is 0.571. The van der Waals surface area contributed by atoms with E-state index in [4.69, 9.17) is 0 Å². The van der Waals surface area contributed by atoms with Gasteiger partial charge in [0.05, 0.1) is 5.56 Å². The second-order valence-corrected chi connectivity index (χ2v) is 4.65. The molecule has 1 N–H and O–H groups in total. The summed E-state index contributed by atoms with van der Waals surface area (Å²) in [6.07, 6.45) is -2.38. The van der Waals surface area contributed by atoms with E-state index in [9.17, 15) is 13.2 Å². The summed E-state index contributed by atoms with van der Waals surface area (Å²) in [5.74, 6) is 0.473. The van der Waals surface area contributed by atoms with E-state index in [1.165, 1.54) is 0 Å². The molecule has 1 nitrogen and oxygen atoms in total. The average Bonchev–Trinajstić information content (AvgIpc) is 2.29. The van der Waals surface area contributed by atoms with Gasteiger partial charge in [-0.1, -0.05) is 26.0 Å². The average molecular weight is 259 g/mol. The van der Waals surface area contributed by atoms with Gasteiger partial charge in [-0.15, -0.1) is 0 Å². The Bertz CT molecular complexity index is 343. The Kier molecular flexibility index (Phi) is 5.66. The minimum atomic E-state index is -4.24. The van der Waals surface area contributed by atoms with Crippen LogP contribution in [0.4, 0.5) is 13.2 Å². The normalized spacial score (nSPS) is 13.6. The van der Waals surface area contributed by atoms with E-state index in [1.54, 1.807) is 12.1 Å². The summed E-state index contributed by atoms with van der Waals surface area (Å²) in [6.45, 7) is 6.08. The highest BCUT2D eigenvalue weighted by molar-refractivity contribution is 5.24. The molecule has 4 heteroatoms. The monoisotopic (exact) mass is 259 g/mol. The zero-order valence-electron chi connectivity index (χ0n) is 10.8. The molecule has 0 aliphatic carbocycles. The second kappa shape index (κ2) is 6.78. The van der Waals surface area contributed by atoms with Crippen LogP contribution in [-0.4, -0.2) is 13.1 Å². The van der Waals surface area contributed by atoms with E-state index in [-0.39, 0.29) is 0 Å². The molecular formula is C14H20F3N. The Morgan fingerprint density at radius 1 is 1.17 bits per heavy atom. The van der Waals surface area contributed by atoms with Crippen molar-refractivity contribution in [2.24, 2.45) is 5.92 Å². The van der Waals surface area contributed by atoms with Gasteiger partial charge < -0.3 is 5.32 Å². The van der Waals surface area contributed by atoms with Crippen LogP contribution in [0.2, 0.25) is 0 Å². The van der Waals surface area contributed by atoms with Crippen molar-refractivity contribution < 1.29 is 13.2 Å². The number of halogens is 3. The lowest BCUT2D eigenvalue weighted by Gasteiger charge is -2.12. The van der Waals surface area contributed by atoms with Gasteiger partial charge in [0.25, 0.3) is 0 Å². The van der Waals surface area contributed by atoms with Crippen molar-refractivity contribution in [3.8, 4) is 0 Å². The number of nitrogens with one attached hydrogen (secondary N) is 1. The minimum absolute atomic E-state index is 0.473. The van der Waals surface area contributed by atoms with Crippen LogP contribution >= 0.6 is 0 Å². The molecule has 0 saturated carbocycles. The van der Waals surface area contributed by atoms with Gasteiger partial charge >= 0.3 is 6.18 Å². The summed E-state index contributed by atoms with van der Waals surface area (Å²) in [7, 11) is 0. The van der Waals surface area contributed by atoms with E-state index in [0.717, 1.165) is 43.6 Å². The lowest BCUT2D eigenvalue weighted by atomic mass is 9.97. The summed E-state index contributed by atoms with van der Waals surface area (Å²) in [4.78, 5) is 0. The van der Waals surface area contributed by atoms with Crippen molar-refractivity contribution in [2.45, 2.75) is 32.9 Å². The highest BCUT2D eigenvalue weighted by Gasteiger charge is 2.29. The summed E-state index contributed by atoms with van der Waals surface area (Å²) < 4.78 is 37.1. The summed E-state index contributed by atoms with van der Waals surface area (Å²) in [5.41, 5.74) is 0.388. The molecular weight excluding hydrogens is 239 g/mol. The lowest BCUT2D eigenvalue weighted by molar-refractivity contribution is -0.137. The first-order chi connectivity index (χ1) is 8.43. The predicted molar refractivity (Wildman–Crippen MR) is 67.5 cm³/mol.